The summed E-state index contributed by atoms with van der Waals surface area (Å²) in [6.07, 6.45) is 0.438. The summed E-state index contributed by atoms with van der Waals surface area (Å²) in [7, 11) is -3.58. The van der Waals surface area contributed by atoms with Gasteiger partial charge in [-0.3, -0.25) is 0 Å². The summed E-state index contributed by atoms with van der Waals surface area (Å²) in [5.74, 6) is 0.692. The van der Waals surface area contributed by atoms with Crippen LogP contribution in [0.1, 0.15) is 6.92 Å². The zero-order valence-electron chi connectivity index (χ0n) is 9.12. The maximum Gasteiger partial charge on any atom is 0.290 e. The van der Waals surface area contributed by atoms with Crippen LogP contribution < -0.4 is 4.74 Å². The summed E-state index contributed by atoms with van der Waals surface area (Å²) in [4.78, 5) is 4.62. The Bertz CT molecular complexity index is 400. The van der Waals surface area contributed by atoms with Gasteiger partial charge in [-0.25, -0.2) is 4.89 Å². The molecule has 0 saturated heterocycles. The number of hydrogen-bond acceptors (Lipinski definition) is 5. The lowest BCUT2D eigenvalue weighted by molar-refractivity contribution is -0.240. The summed E-state index contributed by atoms with van der Waals surface area (Å²) < 4.78 is 30.7. The number of para-hydroxylation sites is 1. The van der Waals surface area contributed by atoms with Crippen molar-refractivity contribution in [1.82, 2.24) is 0 Å². The first-order chi connectivity index (χ1) is 7.47. The molecule has 0 aliphatic carbocycles. The van der Waals surface area contributed by atoms with E-state index in [1.165, 1.54) is 0 Å². The van der Waals surface area contributed by atoms with Crippen LogP contribution in [-0.2, 0) is 19.3 Å². The third-order valence-electron chi connectivity index (χ3n) is 1.56. The lowest BCUT2D eigenvalue weighted by atomic mass is 10.3. The molecule has 5 nitrogen and oxygen atoms in total. The predicted molar refractivity (Wildman–Crippen MR) is 58.4 cm³/mol. The van der Waals surface area contributed by atoms with E-state index in [4.69, 9.17) is 4.74 Å². The first-order valence-corrected chi connectivity index (χ1v) is 6.52. The van der Waals surface area contributed by atoms with Gasteiger partial charge in [0.25, 0.3) is 10.1 Å². The fraction of sp³-hybridized carbons (Fsp3) is 0.400. The summed E-state index contributed by atoms with van der Waals surface area (Å²) in [5, 5.41) is 0. The van der Waals surface area contributed by atoms with E-state index < -0.39 is 16.2 Å². The number of ether oxygens (including phenoxy) is 1. The fourth-order valence-corrected chi connectivity index (χ4v) is 1.17. The standard InChI is InChI=1S/C10H14O5S/c1-9(14-15-16(2,11)12)8-13-10-6-4-3-5-7-10/h3-7,9H,8H2,1-2H3. The zero-order chi connectivity index (χ0) is 12.0. The Hall–Kier alpha value is -1.11. The fourth-order valence-electron chi connectivity index (χ4n) is 0.896. The molecule has 1 unspecified atom stereocenters. The number of hydrogen-bond donors (Lipinski definition) is 0. The number of rotatable bonds is 6. The highest BCUT2D eigenvalue weighted by atomic mass is 32.2. The van der Waals surface area contributed by atoms with Crippen molar-refractivity contribution >= 4 is 10.1 Å². The summed E-state index contributed by atoms with van der Waals surface area (Å²) >= 11 is 0. The molecule has 0 bridgehead atoms. The Labute approximate surface area is 95.0 Å². The van der Waals surface area contributed by atoms with Gasteiger partial charge in [0.2, 0.25) is 0 Å². The van der Waals surface area contributed by atoms with E-state index in [1.54, 1.807) is 19.1 Å². The van der Waals surface area contributed by atoms with Gasteiger partial charge in [0.05, 0.1) is 6.26 Å². The predicted octanol–water partition coefficient (Wildman–Crippen LogP) is 1.36. The molecule has 1 rings (SSSR count). The third kappa shape index (κ3) is 5.69. The first-order valence-electron chi connectivity index (χ1n) is 4.70. The van der Waals surface area contributed by atoms with Gasteiger partial charge in [-0.1, -0.05) is 18.2 Å². The third-order valence-corrected chi connectivity index (χ3v) is 1.88. The second-order valence-electron chi connectivity index (χ2n) is 3.30. The average molecular weight is 246 g/mol. The summed E-state index contributed by atoms with van der Waals surface area (Å²) in [5.41, 5.74) is 0. The minimum atomic E-state index is -3.58. The molecule has 0 aromatic heterocycles. The van der Waals surface area contributed by atoms with Crippen molar-refractivity contribution in [2.45, 2.75) is 13.0 Å². The molecular formula is C10H14O5S. The lowest BCUT2D eigenvalue weighted by Gasteiger charge is -2.11. The minimum Gasteiger partial charge on any atom is -0.491 e. The second-order valence-corrected chi connectivity index (χ2v) is 4.85. The molecule has 1 aromatic rings. The molecule has 0 fully saturated rings. The molecule has 0 radical (unpaired) electrons. The molecule has 0 amide bonds. The van der Waals surface area contributed by atoms with Crippen molar-refractivity contribution < 1.29 is 22.4 Å². The van der Waals surface area contributed by atoms with Gasteiger partial charge < -0.3 is 4.74 Å². The Morgan fingerprint density at radius 3 is 2.44 bits per heavy atom. The van der Waals surface area contributed by atoms with Crippen LogP contribution in [0.15, 0.2) is 30.3 Å². The SMILES string of the molecule is CC(COc1ccccc1)OOS(C)(=O)=O. The Kier molecular flexibility index (Phi) is 4.72. The van der Waals surface area contributed by atoms with Crippen LogP contribution in [0.5, 0.6) is 5.75 Å². The molecule has 0 saturated carbocycles. The van der Waals surface area contributed by atoms with Gasteiger partial charge in [-0.15, -0.1) is 4.33 Å². The van der Waals surface area contributed by atoms with Crippen LogP contribution in [0, 0.1) is 0 Å². The smallest absolute Gasteiger partial charge is 0.290 e. The van der Waals surface area contributed by atoms with Crippen molar-refractivity contribution in [3.05, 3.63) is 30.3 Å². The highest BCUT2D eigenvalue weighted by Gasteiger charge is 2.09. The van der Waals surface area contributed by atoms with Crippen LogP contribution in [-0.4, -0.2) is 27.4 Å². The highest BCUT2D eigenvalue weighted by Crippen LogP contribution is 2.09. The van der Waals surface area contributed by atoms with Crippen molar-refractivity contribution in [3.63, 3.8) is 0 Å². The first kappa shape index (κ1) is 13.0. The second kappa shape index (κ2) is 5.83. The monoisotopic (exact) mass is 246 g/mol. The maximum absolute atomic E-state index is 10.6. The molecule has 0 aliphatic rings. The maximum atomic E-state index is 10.6. The molecule has 0 spiro atoms. The molecule has 1 atom stereocenters. The van der Waals surface area contributed by atoms with Crippen molar-refractivity contribution in [2.75, 3.05) is 12.9 Å². The van der Waals surface area contributed by atoms with Crippen molar-refractivity contribution in [1.29, 1.82) is 0 Å². The molecule has 1 aromatic carbocycles. The molecule has 0 heterocycles. The van der Waals surface area contributed by atoms with Gasteiger partial charge in [0.1, 0.15) is 18.5 Å². The van der Waals surface area contributed by atoms with Gasteiger partial charge >= 0.3 is 0 Å². The number of benzene rings is 1. The topological polar surface area (TPSA) is 61.8 Å². The molecule has 0 N–H and O–H groups in total. The zero-order valence-corrected chi connectivity index (χ0v) is 9.94. The van der Waals surface area contributed by atoms with Crippen LogP contribution >= 0.6 is 0 Å². The van der Waals surface area contributed by atoms with E-state index in [1.807, 2.05) is 18.2 Å². The van der Waals surface area contributed by atoms with Crippen LogP contribution in [0.2, 0.25) is 0 Å². The van der Waals surface area contributed by atoms with E-state index in [-0.39, 0.29) is 6.61 Å². The quantitative estimate of drug-likeness (QED) is 0.560. The Morgan fingerprint density at radius 1 is 1.25 bits per heavy atom. The molecule has 6 heteroatoms. The van der Waals surface area contributed by atoms with Crippen LogP contribution in [0.25, 0.3) is 0 Å². The Balaban J connectivity index is 2.28. The average Bonchev–Trinajstić information content (AvgIpc) is 2.24. The summed E-state index contributed by atoms with van der Waals surface area (Å²) in [6, 6.07) is 9.15. The molecule has 16 heavy (non-hydrogen) atoms. The van der Waals surface area contributed by atoms with E-state index in [0.29, 0.717) is 5.75 Å². The molecular weight excluding hydrogens is 232 g/mol. The van der Waals surface area contributed by atoms with Crippen molar-refractivity contribution in [3.8, 4) is 5.75 Å². The molecule has 0 aliphatic heterocycles. The van der Waals surface area contributed by atoms with Gasteiger partial charge in [-0.2, -0.15) is 8.42 Å². The van der Waals surface area contributed by atoms with E-state index in [2.05, 4.69) is 9.22 Å². The Morgan fingerprint density at radius 2 is 1.88 bits per heavy atom. The molecule has 90 valence electrons. The van der Waals surface area contributed by atoms with Crippen LogP contribution in [0.4, 0.5) is 0 Å². The van der Waals surface area contributed by atoms with Crippen LogP contribution in [0.3, 0.4) is 0 Å². The van der Waals surface area contributed by atoms with E-state index >= 15 is 0 Å². The van der Waals surface area contributed by atoms with E-state index in [9.17, 15) is 8.42 Å². The summed E-state index contributed by atoms with van der Waals surface area (Å²) in [6.45, 7) is 1.85. The van der Waals surface area contributed by atoms with E-state index in [0.717, 1.165) is 6.26 Å². The van der Waals surface area contributed by atoms with Crippen molar-refractivity contribution in [2.24, 2.45) is 0 Å². The largest absolute Gasteiger partial charge is 0.491 e. The van der Waals surface area contributed by atoms with Gasteiger partial charge in [0.15, 0.2) is 0 Å². The normalized spacial score (nSPS) is 13.4. The van der Waals surface area contributed by atoms with Gasteiger partial charge in [0, 0.05) is 0 Å². The highest BCUT2D eigenvalue weighted by molar-refractivity contribution is 7.85. The minimum absolute atomic E-state index is 0.208. The lowest BCUT2D eigenvalue weighted by Crippen LogP contribution is -2.20. The van der Waals surface area contributed by atoms with Gasteiger partial charge in [-0.05, 0) is 19.1 Å².